The first-order valence-electron chi connectivity index (χ1n) is 6.78. The molecule has 2 N–H and O–H groups in total. The van der Waals surface area contributed by atoms with E-state index in [1.807, 2.05) is 25.7 Å². The van der Waals surface area contributed by atoms with E-state index in [0.29, 0.717) is 12.1 Å². The van der Waals surface area contributed by atoms with E-state index in [0.717, 1.165) is 13.1 Å². The minimum Gasteiger partial charge on any atom is -0.333 e. The highest BCUT2D eigenvalue weighted by Gasteiger charge is 2.35. The van der Waals surface area contributed by atoms with Gasteiger partial charge in [-0.2, -0.15) is 0 Å². The lowest BCUT2D eigenvalue weighted by Gasteiger charge is -2.30. The van der Waals surface area contributed by atoms with Crippen LogP contribution >= 0.6 is 0 Å². The maximum Gasteiger partial charge on any atom is 0.318 e. The van der Waals surface area contributed by atoms with Gasteiger partial charge in [0, 0.05) is 24.2 Å². The molecule has 1 unspecified atom stereocenters. The average Bonchev–Trinajstić information content (AvgIpc) is 2.89. The van der Waals surface area contributed by atoms with Crippen LogP contribution < -0.4 is 10.6 Å². The van der Waals surface area contributed by atoms with Gasteiger partial charge in [0.15, 0.2) is 0 Å². The predicted octanol–water partition coefficient (Wildman–Crippen LogP) is 1.71. The molecule has 1 saturated carbocycles. The fraction of sp³-hybridized carbons (Fsp3) is 0.923. The Morgan fingerprint density at radius 1 is 1.35 bits per heavy atom. The average molecular weight is 239 g/mol. The third kappa shape index (κ3) is 3.87. The van der Waals surface area contributed by atoms with Gasteiger partial charge < -0.3 is 15.5 Å². The summed E-state index contributed by atoms with van der Waals surface area (Å²) in [6.45, 7) is 8.06. The molecule has 1 aliphatic carbocycles. The SMILES string of the molecule is CC(C)(C)NC(=O)N(CC1CCCN1)C1CC1. The van der Waals surface area contributed by atoms with Crippen LogP contribution in [0.3, 0.4) is 0 Å². The van der Waals surface area contributed by atoms with E-state index in [9.17, 15) is 4.79 Å². The lowest BCUT2D eigenvalue weighted by Crippen LogP contribution is -2.52. The van der Waals surface area contributed by atoms with E-state index in [2.05, 4.69) is 10.6 Å². The highest BCUT2D eigenvalue weighted by Crippen LogP contribution is 2.28. The van der Waals surface area contributed by atoms with Crippen LogP contribution in [0.25, 0.3) is 0 Å². The molecule has 1 saturated heterocycles. The number of hydrogen-bond donors (Lipinski definition) is 2. The molecule has 1 aliphatic heterocycles. The number of urea groups is 1. The van der Waals surface area contributed by atoms with Crippen molar-refractivity contribution in [2.75, 3.05) is 13.1 Å². The van der Waals surface area contributed by atoms with Gasteiger partial charge in [0.25, 0.3) is 0 Å². The third-order valence-corrected chi connectivity index (χ3v) is 3.31. The highest BCUT2D eigenvalue weighted by molar-refractivity contribution is 5.75. The normalized spacial score (nSPS) is 24.8. The van der Waals surface area contributed by atoms with Crippen LogP contribution in [0.2, 0.25) is 0 Å². The Morgan fingerprint density at radius 3 is 2.53 bits per heavy atom. The Kier molecular flexibility index (Phi) is 3.61. The summed E-state index contributed by atoms with van der Waals surface area (Å²) in [4.78, 5) is 14.3. The Bertz CT molecular complexity index is 275. The van der Waals surface area contributed by atoms with E-state index >= 15 is 0 Å². The van der Waals surface area contributed by atoms with Crippen LogP contribution in [-0.4, -0.2) is 41.6 Å². The summed E-state index contributed by atoms with van der Waals surface area (Å²) in [5.41, 5.74) is -0.146. The second kappa shape index (κ2) is 4.84. The second-order valence-electron chi connectivity index (χ2n) is 6.36. The number of carbonyl (C=O) groups is 1. The molecule has 4 nitrogen and oxygen atoms in total. The Balaban J connectivity index is 1.89. The summed E-state index contributed by atoms with van der Waals surface area (Å²) < 4.78 is 0. The van der Waals surface area contributed by atoms with Crippen molar-refractivity contribution in [3.63, 3.8) is 0 Å². The first kappa shape index (κ1) is 12.7. The minimum absolute atomic E-state index is 0.105. The number of nitrogens with one attached hydrogen (secondary N) is 2. The van der Waals surface area contributed by atoms with Crippen molar-refractivity contribution in [3.05, 3.63) is 0 Å². The fourth-order valence-corrected chi connectivity index (χ4v) is 2.33. The van der Waals surface area contributed by atoms with Gasteiger partial charge in [0.05, 0.1) is 0 Å². The Labute approximate surface area is 104 Å². The van der Waals surface area contributed by atoms with Crippen molar-refractivity contribution < 1.29 is 4.79 Å². The molecule has 4 heteroatoms. The smallest absolute Gasteiger partial charge is 0.318 e. The van der Waals surface area contributed by atoms with Crippen LogP contribution in [0, 0.1) is 0 Å². The molecule has 0 radical (unpaired) electrons. The van der Waals surface area contributed by atoms with Crippen molar-refractivity contribution in [3.8, 4) is 0 Å². The monoisotopic (exact) mass is 239 g/mol. The fourth-order valence-electron chi connectivity index (χ4n) is 2.33. The lowest BCUT2D eigenvalue weighted by molar-refractivity contribution is 0.180. The van der Waals surface area contributed by atoms with Crippen molar-refractivity contribution in [1.29, 1.82) is 0 Å². The van der Waals surface area contributed by atoms with E-state index in [-0.39, 0.29) is 11.6 Å². The molecule has 2 rings (SSSR count). The topological polar surface area (TPSA) is 44.4 Å². The van der Waals surface area contributed by atoms with Crippen molar-refractivity contribution in [2.45, 2.75) is 64.1 Å². The summed E-state index contributed by atoms with van der Waals surface area (Å²) in [6, 6.07) is 1.09. The Hall–Kier alpha value is -0.770. The quantitative estimate of drug-likeness (QED) is 0.787. The van der Waals surface area contributed by atoms with Gasteiger partial charge in [-0.15, -0.1) is 0 Å². The predicted molar refractivity (Wildman–Crippen MR) is 69.0 cm³/mol. The number of carbonyl (C=O) groups excluding carboxylic acids is 1. The van der Waals surface area contributed by atoms with Crippen LogP contribution in [0.1, 0.15) is 46.5 Å². The van der Waals surface area contributed by atoms with E-state index in [1.54, 1.807) is 0 Å². The van der Waals surface area contributed by atoms with Gasteiger partial charge in [-0.1, -0.05) is 0 Å². The molecule has 2 fully saturated rings. The van der Waals surface area contributed by atoms with Gasteiger partial charge in [0.2, 0.25) is 0 Å². The van der Waals surface area contributed by atoms with Crippen LogP contribution in [0.4, 0.5) is 4.79 Å². The summed E-state index contributed by atoms with van der Waals surface area (Å²) >= 11 is 0. The maximum absolute atomic E-state index is 12.2. The van der Waals surface area contributed by atoms with Crippen LogP contribution in [0.15, 0.2) is 0 Å². The molecule has 0 spiro atoms. The highest BCUT2D eigenvalue weighted by atomic mass is 16.2. The number of nitrogens with zero attached hydrogens (tertiary/aromatic N) is 1. The molecule has 0 aromatic heterocycles. The van der Waals surface area contributed by atoms with Gasteiger partial charge in [-0.3, -0.25) is 0 Å². The molecule has 17 heavy (non-hydrogen) atoms. The molecule has 2 aliphatic rings. The van der Waals surface area contributed by atoms with Crippen molar-refractivity contribution >= 4 is 6.03 Å². The molecular formula is C13H25N3O. The van der Waals surface area contributed by atoms with E-state index in [4.69, 9.17) is 0 Å². The molecule has 0 bridgehead atoms. The summed E-state index contributed by atoms with van der Waals surface area (Å²) in [5.74, 6) is 0. The zero-order valence-corrected chi connectivity index (χ0v) is 11.3. The van der Waals surface area contributed by atoms with Gasteiger partial charge in [0.1, 0.15) is 0 Å². The summed E-state index contributed by atoms with van der Waals surface area (Å²) in [5, 5.41) is 6.54. The van der Waals surface area contributed by atoms with Gasteiger partial charge in [-0.25, -0.2) is 4.79 Å². The van der Waals surface area contributed by atoms with Crippen LogP contribution in [-0.2, 0) is 0 Å². The Morgan fingerprint density at radius 2 is 2.06 bits per heavy atom. The molecule has 98 valence electrons. The van der Waals surface area contributed by atoms with Crippen LogP contribution in [0.5, 0.6) is 0 Å². The summed E-state index contributed by atoms with van der Waals surface area (Å²) in [7, 11) is 0. The molecule has 2 amide bonds. The van der Waals surface area contributed by atoms with Crippen molar-refractivity contribution in [1.82, 2.24) is 15.5 Å². The first-order chi connectivity index (χ1) is 7.96. The zero-order valence-electron chi connectivity index (χ0n) is 11.3. The van der Waals surface area contributed by atoms with E-state index < -0.39 is 0 Å². The standard InChI is InChI=1S/C13H25N3O/c1-13(2,3)15-12(17)16(11-6-7-11)9-10-5-4-8-14-10/h10-11,14H,4-9H2,1-3H3,(H,15,17). The largest absolute Gasteiger partial charge is 0.333 e. The van der Waals surface area contributed by atoms with E-state index in [1.165, 1.54) is 25.7 Å². The van der Waals surface area contributed by atoms with Gasteiger partial charge >= 0.3 is 6.03 Å². The third-order valence-electron chi connectivity index (χ3n) is 3.31. The summed E-state index contributed by atoms with van der Waals surface area (Å²) in [6.07, 6.45) is 4.78. The molecular weight excluding hydrogens is 214 g/mol. The molecule has 0 aromatic carbocycles. The number of hydrogen-bond acceptors (Lipinski definition) is 2. The zero-order chi connectivity index (χ0) is 12.5. The molecule has 1 heterocycles. The van der Waals surface area contributed by atoms with Gasteiger partial charge in [-0.05, 0) is 53.0 Å². The number of rotatable bonds is 3. The first-order valence-corrected chi connectivity index (χ1v) is 6.78. The minimum atomic E-state index is -0.146. The second-order valence-corrected chi connectivity index (χ2v) is 6.36. The lowest BCUT2D eigenvalue weighted by atomic mass is 10.1. The maximum atomic E-state index is 12.2. The number of amides is 2. The molecule has 0 aromatic rings. The molecule has 1 atom stereocenters. The van der Waals surface area contributed by atoms with Crippen molar-refractivity contribution in [2.24, 2.45) is 0 Å².